The molecule has 6 fully saturated rings. The zero-order chi connectivity index (χ0) is 45.3. The Morgan fingerprint density at radius 3 is 1.30 bits per heavy atom. The number of rotatable bonds is 18. The first-order chi connectivity index (χ1) is 30.8. The average molecular weight is 881 g/mol. The molecule has 6 saturated carbocycles. The molecule has 0 spiro atoms. The maximum atomic E-state index is 13.7. The van der Waals surface area contributed by atoms with Crippen molar-refractivity contribution in [3.05, 3.63) is 34.4 Å². The van der Waals surface area contributed by atoms with Crippen LogP contribution in [0.25, 0.3) is 0 Å². The third-order valence-electron chi connectivity index (χ3n) is 22.0. The van der Waals surface area contributed by atoms with Crippen LogP contribution in [0, 0.1) is 69.0 Å². The molecule has 8 aliphatic rings. The van der Waals surface area contributed by atoms with E-state index in [4.69, 9.17) is 9.47 Å². The van der Waals surface area contributed by atoms with E-state index in [0.29, 0.717) is 22.0 Å². The minimum Gasteiger partial charge on any atom is -0.459 e. The van der Waals surface area contributed by atoms with Gasteiger partial charge >= 0.3 is 11.9 Å². The fraction of sp³-hybridized carbons (Fsp3) is 0.867. The quantitative estimate of drug-likeness (QED) is 0.0596. The van der Waals surface area contributed by atoms with Gasteiger partial charge in [0.15, 0.2) is 0 Å². The summed E-state index contributed by atoms with van der Waals surface area (Å²) in [6, 6.07) is 0. The van der Waals surface area contributed by atoms with Gasteiger partial charge in [-0.1, -0.05) is 142 Å². The predicted molar refractivity (Wildman–Crippen MR) is 265 cm³/mol. The molecule has 8 rings (SSSR count). The van der Waals surface area contributed by atoms with Crippen LogP contribution in [0.15, 0.2) is 34.4 Å². The number of carbonyl (C=O) groups is 2. The highest BCUT2D eigenvalue weighted by molar-refractivity contribution is 5.99. The van der Waals surface area contributed by atoms with Crippen molar-refractivity contribution in [1.82, 2.24) is 0 Å². The lowest BCUT2D eigenvalue weighted by atomic mass is 9.47. The van der Waals surface area contributed by atoms with Gasteiger partial charge in [-0.05, 0) is 186 Å². The van der Waals surface area contributed by atoms with Crippen LogP contribution < -0.4 is 0 Å². The monoisotopic (exact) mass is 881 g/mol. The van der Waals surface area contributed by atoms with E-state index < -0.39 is 0 Å². The van der Waals surface area contributed by atoms with Crippen LogP contribution in [0.5, 0.6) is 0 Å². The zero-order valence-corrected chi connectivity index (χ0v) is 42.8. The standard InChI is InChI=1S/C60H96O4/c1-9-11-13-15-17-19-21-43-25-29-51-49-27-23-45-39-47(31-35-59(45,7)53(49)33-37-57(43,51)5)63-55(61)41(3)42(4)56(62)64-48-32-36-60(8)46(40-48)24-28-50-52-30-26-44(22-20-18-16-14-12-10-2)58(52,6)38-34-54(50)60/h23-24,43-44,47-54H,9-22,25-40H2,1-8H3/b42-41+. The van der Waals surface area contributed by atoms with E-state index in [2.05, 4.69) is 53.7 Å². The van der Waals surface area contributed by atoms with E-state index in [1.165, 1.54) is 154 Å². The lowest BCUT2D eigenvalue weighted by Crippen LogP contribution is -2.50. The topological polar surface area (TPSA) is 52.6 Å². The normalized spacial score (nSPS) is 41.5. The van der Waals surface area contributed by atoms with E-state index in [9.17, 15) is 9.59 Å². The van der Waals surface area contributed by atoms with Gasteiger partial charge in [-0.3, -0.25) is 0 Å². The molecule has 64 heavy (non-hydrogen) atoms. The SMILES string of the molecule is CCCCCCCCC1CCC2C3CC=C4CC(OC(=O)/C(C)=C(\C)C(=O)OC5CCC6(C)C(=CCC7C6CCC6(C)C(CCCCCCCC)CCC76)C5)CCC4(C)C3CCC12C. The first-order valence-electron chi connectivity index (χ1n) is 28.2. The number of carbonyl (C=O) groups excluding carboxylic acids is 2. The summed E-state index contributed by atoms with van der Waals surface area (Å²) in [5.41, 5.74) is 5.43. The van der Waals surface area contributed by atoms with Crippen molar-refractivity contribution < 1.29 is 19.1 Å². The van der Waals surface area contributed by atoms with Crippen LogP contribution in [0.4, 0.5) is 0 Å². The minimum absolute atomic E-state index is 0.115. The highest BCUT2D eigenvalue weighted by atomic mass is 16.5. The third kappa shape index (κ3) is 9.34. The van der Waals surface area contributed by atoms with Crippen LogP contribution in [0.3, 0.4) is 0 Å². The Bertz CT molecular complexity index is 1610. The lowest BCUT2D eigenvalue weighted by molar-refractivity contribution is -0.150. The number of esters is 2. The Morgan fingerprint density at radius 1 is 0.500 bits per heavy atom. The van der Waals surface area contributed by atoms with Crippen LogP contribution in [-0.4, -0.2) is 24.1 Å². The molecule has 14 unspecified atom stereocenters. The molecule has 0 aromatic rings. The zero-order valence-electron chi connectivity index (χ0n) is 42.8. The highest BCUT2D eigenvalue weighted by Crippen LogP contribution is 2.68. The number of fused-ring (bicyclic) bond motifs is 10. The molecule has 0 bridgehead atoms. The molecule has 0 radical (unpaired) electrons. The summed E-state index contributed by atoms with van der Waals surface area (Å²) in [4.78, 5) is 27.4. The molecule has 0 saturated heterocycles. The highest BCUT2D eigenvalue weighted by Gasteiger charge is 2.60. The van der Waals surface area contributed by atoms with E-state index in [0.717, 1.165) is 85.9 Å². The second kappa shape index (κ2) is 20.4. The smallest absolute Gasteiger partial charge is 0.334 e. The molecule has 8 aliphatic carbocycles. The van der Waals surface area contributed by atoms with Gasteiger partial charge in [0.25, 0.3) is 0 Å². The summed E-state index contributed by atoms with van der Waals surface area (Å²) in [7, 11) is 0. The predicted octanol–water partition coefficient (Wildman–Crippen LogP) is 16.8. The van der Waals surface area contributed by atoms with Crippen LogP contribution >= 0.6 is 0 Å². The molecule has 4 heteroatoms. The maximum absolute atomic E-state index is 13.7. The maximum Gasteiger partial charge on any atom is 0.334 e. The summed E-state index contributed by atoms with van der Waals surface area (Å²) in [6.45, 7) is 18.7. The number of allylic oxidation sites excluding steroid dienone is 2. The Hall–Kier alpha value is -1.84. The Balaban J connectivity index is 0.815. The van der Waals surface area contributed by atoms with Gasteiger partial charge in [0, 0.05) is 24.0 Å². The fourth-order valence-electron chi connectivity index (χ4n) is 17.8. The Labute approximate surface area is 393 Å². The number of ether oxygens (including phenoxy) is 2. The second-order valence-electron chi connectivity index (χ2n) is 25.1. The lowest BCUT2D eigenvalue weighted by Gasteiger charge is -2.58. The molecule has 0 aromatic heterocycles. The van der Waals surface area contributed by atoms with Crippen molar-refractivity contribution in [1.29, 1.82) is 0 Å². The van der Waals surface area contributed by atoms with Gasteiger partial charge in [-0.15, -0.1) is 0 Å². The van der Waals surface area contributed by atoms with Crippen LogP contribution in [0.2, 0.25) is 0 Å². The number of hydrogen-bond donors (Lipinski definition) is 0. The van der Waals surface area contributed by atoms with E-state index in [1.54, 1.807) is 25.0 Å². The average Bonchev–Trinajstić information content (AvgIpc) is 3.81. The van der Waals surface area contributed by atoms with E-state index in [1.807, 2.05) is 0 Å². The Kier molecular flexibility index (Phi) is 15.5. The van der Waals surface area contributed by atoms with Crippen molar-refractivity contribution in [2.45, 2.75) is 260 Å². The van der Waals surface area contributed by atoms with Gasteiger partial charge in [0.1, 0.15) is 12.2 Å². The summed E-state index contributed by atoms with van der Waals surface area (Å²) in [5.74, 6) is 6.05. The van der Waals surface area contributed by atoms with Gasteiger partial charge in [-0.2, -0.15) is 0 Å². The van der Waals surface area contributed by atoms with Crippen molar-refractivity contribution in [3.63, 3.8) is 0 Å². The second-order valence-corrected chi connectivity index (χ2v) is 25.1. The number of unbranched alkanes of at least 4 members (excludes halogenated alkanes) is 10. The van der Waals surface area contributed by atoms with Gasteiger partial charge in [0.05, 0.1) is 0 Å². The molecular formula is C60H96O4. The van der Waals surface area contributed by atoms with E-state index in [-0.39, 0.29) is 35.0 Å². The molecule has 0 aliphatic heterocycles. The first kappa shape index (κ1) is 48.6. The van der Waals surface area contributed by atoms with Gasteiger partial charge in [0.2, 0.25) is 0 Å². The minimum atomic E-state index is -0.337. The summed E-state index contributed by atoms with van der Waals surface area (Å²) in [5, 5.41) is 0. The van der Waals surface area contributed by atoms with E-state index >= 15 is 0 Å². The van der Waals surface area contributed by atoms with Crippen molar-refractivity contribution in [2.75, 3.05) is 0 Å². The summed E-state index contributed by atoms with van der Waals surface area (Å²) in [6.07, 6.45) is 44.2. The van der Waals surface area contributed by atoms with Crippen molar-refractivity contribution in [3.8, 4) is 0 Å². The molecule has 0 heterocycles. The molecular weight excluding hydrogens is 785 g/mol. The van der Waals surface area contributed by atoms with Gasteiger partial charge < -0.3 is 9.47 Å². The molecule has 360 valence electrons. The third-order valence-corrected chi connectivity index (χ3v) is 22.0. The van der Waals surface area contributed by atoms with Crippen molar-refractivity contribution >= 4 is 11.9 Å². The van der Waals surface area contributed by atoms with Gasteiger partial charge in [-0.25, -0.2) is 9.59 Å². The summed E-state index contributed by atoms with van der Waals surface area (Å²) >= 11 is 0. The van der Waals surface area contributed by atoms with Crippen LogP contribution in [-0.2, 0) is 19.1 Å². The first-order valence-corrected chi connectivity index (χ1v) is 28.2. The largest absolute Gasteiger partial charge is 0.459 e. The molecule has 14 atom stereocenters. The molecule has 0 amide bonds. The molecule has 0 N–H and O–H groups in total. The fourth-order valence-corrected chi connectivity index (χ4v) is 17.8. The molecule has 0 aromatic carbocycles. The number of hydrogen-bond acceptors (Lipinski definition) is 4. The molecule has 4 nitrogen and oxygen atoms in total. The van der Waals surface area contributed by atoms with Crippen molar-refractivity contribution in [2.24, 2.45) is 69.0 Å². The van der Waals surface area contributed by atoms with Crippen LogP contribution in [0.1, 0.15) is 248 Å². The Morgan fingerprint density at radius 2 is 0.891 bits per heavy atom. The summed E-state index contributed by atoms with van der Waals surface area (Å²) < 4.78 is 12.5.